The number of hydrogen-bond donors (Lipinski definition) is 1. The Kier molecular flexibility index (Phi) is 5.45. The van der Waals surface area contributed by atoms with Crippen LogP contribution in [0.25, 0.3) is 11.3 Å². The molecule has 27 heavy (non-hydrogen) atoms. The molecule has 0 aliphatic carbocycles. The van der Waals surface area contributed by atoms with E-state index in [9.17, 15) is 4.79 Å². The number of nitrogens with one attached hydrogen (secondary N) is 1. The Bertz CT molecular complexity index is 942. The first-order chi connectivity index (χ1) is 13.0. The lowest BCUT2D eigenvalue weighted by atomic mass is 10.1. The predicted molar refractivity (Wildman–Crippen MR) is 103 cm³/mol. The standard InChI is InChI=1S/C21H22N2O4/c1-13-7-14(2)9-16(8-13)22-21(24)12-17-11-19(27-23-17)15-5-6-18(25-3)20(10-15)26-4/h5-11H,12H2,1-4H3,(H,22,24). The Balaban J connectivity index is 1.71. The van der Waals surface area contributed by atoms with Gasteiger partial charge in [0.25, 0.3) is 0 Å². The van der Waals surface area contributed by atoms with Gasteiger partial charge in [0.1, 0.15) is 0 Å². The summed E-state index contributed by atoms with van der Waals surface area (Å²) in [5.41, 5.74) is 4.33. The predicted octanol–water partition coefficient (Wildman–Crippen LogP) is 4.16. The Morgan fingerprint density at radius 3 is 2.37 bits per heavy atom. The van der Waals surface area contributed by atoms with Gasteiger partial charge >= 0.3 is 0 Å². The van der Waals surface area contributed by atoms with Crippen LogP contribution < -0.4 is 14.8 Å². The first-order valence-corrected chi connectivity index (χ1v) is 8.54. The van der Waals surface area contributed by atoms with Gasteiger partial charge in [-0.05, 0) is 55.3 Å². The van der Waals surface area contributed by atoms with E-state index in [1.54, 1.807) is 32.4 Å². The lowest BCUT2D eigenvalue weighted by Crippen LogP contribution is -2.14. The molecule has 1 amide bonds. The molecule has 1 N–H and O–H groups in total. The van der Waals surface area contributed by atoms with Crippen LogP contribution in [0.5, 0.6) is 11.5 Å². The summed E-state index contributed by atoms with van der Waals surface area (Å²) in [6.07, 6.45) is 0.129. The second kappa shape index (κ2) is 7.95. The van der Waals surface area contributed by atoms with E-state index in [1.165, 1.54) is 0 Å². The second-order valence-corrected chi connectivity index (χ2v) is 6.35. The van der Waals surface area contributed by atoms with E-state index in [2.05, 4.69) is 16.5 Å². The van der Waals surface area contributed by atoms with Crippen molar-refractivity contribution in [1.29, 1.82) is 0 Å². The van der Waals surface area contributed by atoms with Crippen LogP contribution in [0.4, 0.5) is 5.69 Å². The van der Waals surface area contributed by atoms with Crippen LogP contribution in [0.3, 0.4) is 0 Å². The molecule has 1 aromatic heterocycles. The van der Waals surface area contributed by atoms with Gasteiger partial charge in [-0.2, -0.15) is 0 Å². The highest BCUT2D eigenvalue weighted by atomic mass is 16.5. The van der Waals surface area contributed by atoms with Crippen molar-refractivity contribution in [2.24, 2.45) is 0 Å². The van der Waals surface area contributed by atoms with Gasteiger partial charge in [0.2, 0.25) is 5.91 Å². The van der Waals surface area contributed by atoms with Crippen LogP contribution >= 0.6 is 0 Å². The molecule has 0 atom stereocenters. The number of anilines is 1. The zero-order valence-electron chi connectivity index (χ0n) is 15.8. The maximum atomic E-state index is 12.3. The molecule has 3 rings (SSSR count). The first-order valence-electron chi connectivity index (χ1n) is 8.54. The lowest BCUT2D eigenvalue weighted by Gasteiger charge is -2.07. The Morgan fingerprint density at radius 2 is 1.70 bits per heavy atom. The molecule has 2 aromatic carbocycles. The van der Waals surface area contributed by atoms with Crippen LogP contribution in [0.2, 0.25) is 0 Å². The maximum Gasteiger partial charge on any atom is 0.230 e. The quantitative estimate of drug-likeness (QED) is 0.709. The largest absolute Gasteiger partial charge is 0.493 e. The van der Waals surface area contributed by atoms with Crippen molar-refractivity contribution < 1.29 is 18.8 Å². The van der Waals surface area contributed by atoms with Gasteiger partial charge < -0.3 is 19.3 Å². The van der Waals surface area contributed by atoms with E-state index in [0.717, 1.165) is 22.4 Å². The van der Waals surface area contributed by atoms with E-state index in [0.29, 0.717) is 23.0 Å². The number of aromatic nitrogens is 1. The summed E-state index contributed by atoms with van der Waals surface area (Å²) in [5.74, 6) is 1.65. The summed E-state index contributed by atoms with van der Waals surface area (Å²) in [6, 6.07) is 13.1. The number of nitrogens with zero attached hydrogens (tertiary/aromatic N) is 1. The molecule has 6 nitrogen and oxygen atoms in total. The van der Waals surface area contributed by atoms with Gasteiger partial charge in [-0.1, -0.05) is 11.2 Å². The van der Waals surface area contributed by atoms with Crippen LogP contribution in [0.15, 0.2) is 47.0 Å². The lowest BCUT2D eigenvalue weighted by molar-refractivity contribution is -0.115. The average molecular weight is 366 g/mol. The third kappa shape index (κ3) is 4.47. The zero-order valence-corrected chi connectivity index (χ0v) is 15.8. The minimum atomic E-state index is -0.146. The molecular formula is C21H22N2O4. The van der Waals surface area contributed by atoms with Crippen molar-refractivity contribution in [1.82, 2.24) is 5.16 Å². The minimum Gasteiger partial charge on any atom is -0.493 e. The minimum absolute atomic E-state index is 0.129. The van der Waals surface area contributed by atoms with E-state index in [1.807, 2.05) is 32.0 Å². The number of carbonyl (C=O) groups is 1. The molecule has 1 heterocycles. The monoisotopic (exact) mass is 366 g/mol. The fourth-order valence-electron chi connectivity index (χ4n) is 2.94. The van der Waals surface area contributed by atoms with Crippen molar-refractivity contribution in [3.05, 3.63) is 59.3 Å². The molecule has 0 spiro atoms. The number of carbonyl (C=O) groups excluding carboxylic acids is 1. The molecule has 0 saturated heterocycles. The molecule has 0 saturated carbocycles. The fourth-order valence-corrected chi connectivity index (χ4v) is 2.94. The highest BCUT2D eigenvalue weighted by Gasteiger charge is 2.13. The van der Waals surface area contributed by atoms with Gasteiger partial charge in [0.15, 0.2) is 17.3 Å². The molecule has 0 aliphatic rings. The summed E-state index contributed by atoms with van der Waals surface area (Å²) in [6.45, 7) is 3.99. The van der Waals surface area contributed by atoms with Crippen molar-refractivity contribution in [3.63, 3.8) is 0 Å². The van der Waals surface area contributed by atoms with Crippen LogP contribution in [-0.2, 0) is 11.2 Å². The van der Waals surface area contributed by atoms with Gasteiger partial charge in [-0.25, -0.2) is 0 Å². The van der Waals surface area contributed by atoms with Crippen LogP contribution in [-0.4, -0.2) is 25.3 Å². The number of benzene rings is 2. The van der Waals surface area contributed by atoms with Crippen molar-refractivity contribution in [2.75, 3.05) is 19.5 Å². The molecule has 0 radical (unpaired) electrons. The van der Waals surface area contributed by atoms with Crippen molar-refractivity contribution >= 4 is 11.6 Å². The first kappa shape index (κ1) is 18.5. The molecule has 0 bridgehead atoms. The van der Waals surface area contributed by atoms with E-state index < -0.39 is 0 Å². The number of methoxy groups -OCH3 is 2. The number of ether oxygens (including phenoxy) is 2. The van der Waals surface area contributed by atoms with E-state index >= 15 is 0 Å². The summed E-state index contributed by atoms with van der Waals surface area (Å²) < 4.78 is 15.9. The molecule has 6 heteroatoms. The van der Waals surface area contributed by atoms with Crippen molar-refractivity contribution in [3.8, 4) is 22.8 Å². The number of hydrogen-bond acceptors (Lipinski definition) is 5. The number of aryl methyl sites for hydroxylation is 2. The molecule has 3 aromatic rings. The molecule has 0 fully saturated rings. The summed E-state index contributed by atoms with van der Waals surface area (Å²) in [4.78, 5) is 12.3. The number of amides is 1. The molecule has 0 unspecified atom stereocenters. The topological polar surface area (TPSA) is 73.6 Å². The highest BCUT2D eigenvalue weighted by Crippen LogP contribution is 2.32. The van der Waals surface area contributed by atoms with Gasteiger partial charge in [0.05, 0.1) is 26.3 Å². The maximum absolute atomic E-state index is 12.3. The fraction of sp³-hybridized carbons (Fsp3) is 0.238. The second-order valence-electron chi connectivity index (χ2n) is 6.35. The highest BCUT2D eigenvalue weighted by molar-refractivity contribution is 5.92. The normalized spacial score (nSPS) is 10.5. The average Bonchev–Trinajstić information content (AvgIpc) is 3.08. The van der Waals surface area contributed by atoms with Crippen molar-refractivity contribution in [2.45, 2.75) is 20.3 Å². The van der Waals surface area contributed by atoms with E-state index in [4.69, 9.17) is 14.0 Å². The SMILES string of the molecule is COc1ccc(-c2cc(CC(=O)Nc3cc(C)cc(C)c3)no2)cc1OC. The summed E-state index contributed by atoms with van der Waals surface area (Å²) in [7, 11) is 3.16. The third-order valence-corrected chi connectivity index (χ3v) is 4.07. The van der Waals surface area contributed by atoms with Gasteiger partial charge in [-0.3, -0.25) is 4.79 Å². The Labute approximate surface area is 158 Å². The molecule has 140 valence electrons. The number of rotatable bonds is 6. The third-order valence-electron chi connectivity index (χ3n) is 4.07. The summed E-state index contributed by atoms with van der Waals surface area (Å²) >= 11 is 0. The summed E-state index contributed by atoms with van der Waals surface area (Å²) in [5, 5.41) is 6.90. The molecule has 0 aliphatic heterocycles. The smallest absolute Gasteiger partial charge is 0.230 e. The van der Waals surface area contributed by atoms with Gasteiger partial charge in [-0.15, -0.1) is 0 Å². The Hall–Kier alpha value is -3.28. The van der Waals surface area contributed by atoms with Crippen LogP contribution in [0, 0.1) is 13.8 Å². The Morgan fingerprint density at radius 1 is 1.00 bits per heavy atom. The van der Waals surface area contributed by atoms with Crippen LogP contribution in [0.1, 0.15) is 16.8 Å². The van der Waals surface area contributed by atoms with Gasteiger partial charge in [0, 0.05) is 17.3 Å². The zero-order chi connectivity index (χ0) is 19.4. The molecular weight excluding hydrogens is 344 g/mol. The van der Waals surface area contributed by atoms with E-state index in [-0.39, 0.29) is 12.3 Å².